The van der Waals surface area contributed by atoms with E-state index < -0.39 is 0 Å². The van der Waals surface area contributed by atoms with E-state index >= 15 is 0 Å². The van der Waals surface area contributed by atoms with Crippen molar-refractivity contribution in [2.45, 2.75) is 31.8 Å². The molecule has 156 valence electrons. The minimum atomic E-state index is 0.364. The third kappa shape index (κ3) is 3.08. The van der Waals surface area contributed by atoms with Gasteiger partial charge in [-0.1, -0.05) is 6.07 Å². The second-order valence-electron chi connectivity index (χ2n) is 9.16. The standard InChI is InChI=1S/C23H29N7/c1-28(20-6-2-4-16-5-3-8-25-22(16)20)14-19-15-30-21(27-19)7-9-26-23(30)29-12-17-10-24-11-18(17)13-29/h3,5,7-9,15,17-18,20,24H,2,4,6,10-14H2,1H3/t17?,18?,20-/m0/s1. The van der Waals surface area contributed by atoms with Crippen LogP contribution in [0.4, 0.5) is 5.95 Å². The summed E-state index contributed by atoms with van der Waals surface area (Å²) in [5, 5.41) is 3.52. The van der Waals surface area contributed by atoms with E-state index in [1.54, 1.807) is 0 Å². The van der Waals surface area contributed by atoms with Gasteiger partial charge in [0.2, 0.25) is 5.95 Å². The largest absolute Gasteiger partial charge is 0.341 e. The number of aromatic nitrogens is 4. The second-order valence-corrected chi connectivity index (χ2v) is 9.16. The Bertz CT molecular complexity index is 1050. The molecular weight excluding hydrogens is 374 g/mol. The molecule has 0 saturated carbocycles. The molecule has 2 fully saturated rings. The quantitative estimate of drug-likeness (QED) is 0.721. The molecule has 2 aliphatic heterocycles. The summed E-state index contributed by atoms with van der Waals surface area (Å²) in [5.41, 5.74) is 4.72. The van der Waals surface area contributed by atoms with E-state index in [0.29, 0.717) is 6.04 Å². The molecule has 3 atom stereocenters. The molecule has 6 rings (SSSR count). The molecule has 3 aromatic rings. The topological polar surface area (TPSA) is 61.6 Å². The molecule has 7 heteroatoms. The molecule has 2 saturated heterocycles. The Morgan fingerprint density at radius 1 is 1.13 bits per heavy atom. The van der Waals surface area contributed by atoms with Gasteiger partial charge in [-0.2, -0.15) is 0 Å². The van der Waals surface area contributed by atoms with Crippen LogP contribution >= 0.6 is 0 Å². The van der Waals surface area contributed by atoms with Gasteiger partial charge in [-0.05, 0) is 55.8 Å². The van der Waals surface area contributed by atoms with Gasteiger partial charge in [-0.3, -0.25) is 14.3 Å². The Morgan fingerprint density at radius 3 is 2.87 bits per heavy atom. The van der Waals surface area contributed by atoms with Gasteiger partial charge in [0.15, 0.2) is 0 Å². The summed E-state index contributed by atoms with van der Waals surface area (Å²) in [6, 6.07) is 6.66. The van der Waals surface area contributed by atoms with E-state index in [1.807, 2.05) is 18.5 Å². The molecule has 1 N–H and O–H groups in total. The normalized spacial score (nSPS) is 25.8. The van der Waals surface area contributed by atoms with Crippen LogP contribution in [0.1, 0.15) is 35.8 Å². The summed E-state index contributed by atoms with van der Waals surface area (Å²) < 4.78 is 2.19. The number of fused-ring (bicyclic) bond motifs is 3. The Kier molecular flexibility index (Phi) is 4.46. The van der Waals surface area contributed by atoms with Crippen molar-refractivity contribution in [1.29, 1.82) is 0 Å². The maximum absolute atomic E-state index is 4.93. The molecule has 5 heterocycles. The SMILES string of the molecule is CN(Cc1cn2c(N3CC4CNCC4C3)nccc2n1)[C@H]1CCCc2cccnc21. The fraction of sp³-hybridized carbons (Fsp3) is 0.522. The Morgan fingerprint density at radius 2 is 2.00 bits per heavy atom. The van der Waals surface area contributed by atoms with Crippen LogP contribution in [0.5, 0.6) is 0 Å². The lowest BCUT2D eigenvalue weighted by molar-refractivity contribution is 0.206. The summed E-state index contributed by atoms with van der Waals surface area (Å²) in [4.78, 5) is 19.2. The van der Waals surface area contributed by atoms with Crippen molar-refractivity contribution in [2.75, 3.05) is 38.1 Å². The molecule has 3 aliphatic rings. The first kappa shape index (κ1) is 18.3. The Hall–Kier alpha value is -2.51. The van der Waals surface area contributed by atoms with Crippen LogP contribution in [-0.2, 0) is 13.0 Å². The van der Waals surface area contributed by atoms with Crippen LogP contribution in [0.15, 0.2) is 36.8 Å². The summed E-state index contributed by atoms with van der Waals surface area (Å²) in [6.07, 6.45) is 9.53. The van der Waals surface area contributed by atoms with Crippen molar-refractivity contribution in [3.8, 4) is 0 Å². The predicted octanol–water partition coefficient (Wildman–Crippen LogP) is 2.29. The zero-order valence-electron chi connectivity index (χ0n) is 17.5. The van der Waals surface area contributed by atoms with Crippen LogP contribution in [0.3, 0.4) is 0 Å². The zero-order chi connectivity index (χ0) is 20.1. The average Bonchev–Trinajstić information content (AvgIpc) is 3.47. The van der Waals surface area contributed by atoms with Crippen molar-refractivity contribution >= 4 is 11.6 Å². The minimum absolute atomic E-state index is 0.364. The molecule has 30 heavy (non-hydrogen) atoms. The number of anilines is 1. The highest BCUT2D eigenvalue weighted by Crippen LogP contribution is 2.33. The van der Waals surface area contributed by atoms with E-state index in [4.69, 9.17) is 15.0 Å². The minimum Gasteiger partial charge on any atom is -0.341 e. The molecule has 7 nitrogen and oxygen atoms in total. The van der Waals surface area contributed by atoms with E-state index in [2.05, 4.69) is 44.9 Å². The molecule has 0 amide bonds. The van der Waals surface area contributed by atoms with Crippen molar-refractivity contribution < 1.29 is 0 Å². The number of nitrogens with zero attached hydrogens (tertiary/aromatic N) is 6. The highest BCUT2D eigenvalue weighted by molar-refractivity contribution is 5.48. The monoisotopic (exact) mass is 403 g/mol. The number of aryl methyl sites for hydroxylation is 1. The third-order valence-electron chi connectivity index (χ3n) is 7.19. The van der Waals surface area contributed by atoms with Gasteiger partial charge in [0.05, 0.1) is 17.4 Å². The van der Waals surface area contributed by atoms with Crippen molar-refractivity contribution in [3.63, 3.8) is 0 Å². The molecular formula is C23H29N7. The van der Waals surface area contributed by atoms with Gasteiger partial charge >= 0.3 is 0 Å². The molecule has 2 unspecified atom stereocenters. The summed E-state index contributed by atoms with van der Waals surface area (Å²) in [5.74, 6) is 2.53. The predicted molar refractivity (Wildman–Crippen MR) is 116 cm³/mol. The number of hydrogen-bond donors (Lipinski definition) is 1. The fourth-order valence-electron chi connectivity index (χ4n) is 5.66. The van der Waals surface area contributed by atoms with Crippen LogP contribution in [0.25, 0.3) is 5.65 Å². The summed E-state index contributed by atoms with van der Waals surface area (Å²) in [7, 11) is 2.20. The van der Waals surface area contributed by atoms with E-state index in [-0.39, 0.29) is 0 Å². The average molecular weight is 404 g/mol. The second kappa shape index (κ2) is 7.32. The molecule has 3 aromatic heterocycles. The maximum Gasteiger partial charge on any atom is 0.211 e. The molecule has 0 aromatic carbocycles. The highest BCUT2D eigenvalue weighted by atomic mass is 15.3. The first-order valence-electron chi connectivity index (χ1n) is 11.2. The lowest BCUT2D eigenvalue weighted by Gasteiger charge is -2.31. The molecule has 1 aliphatic carbocycles. The Balaban J connectivity index is 1.25. The number of hydrogen-bond acceptors (Lipinski definition) is 6. The lowest BCUT2D eigenvalue weighted by Crippen LogP contribution is -2.28. The maximum atomic E-state index is 4.93. The van der Waals surface area contributed by atoms with Crippen LogP contribution in [0.2, 0.25) is 0 Å². The van der Waals surface area contributed by atoms with Gasteiger partial charge in [0, 0.05) is 51.3 Å². The molecule has 0 bridgehead atoms. The van der Waals surface area contributed by atoms with Crippen LogP contribution in [0, 0.1) is 11.8 Å². The summed E-state index contributed by atoms with van der Waals surface area (Å²) >= 11 is 0. The van der Waals surface area contributed by atoms with Crippen molar-refractivity contribution in [1.82, 2.24) is 29.6 Å². The number of nitrogens with one attached hydrogen (secondary N) is 1. The van der Waals surface area contributed by atoms with Crippen molar-refractivity contribution in [2.24, 2.45) is 11.8 Å². The Labute approximate surface area is 177 Å². The smallest absolute Gasteiger partial charge is 0.211 e. The van der Waals surface area contributed by atoms with E-state index in [0.717, 1.165) is 74.7 Å². The van der Waals surface area contributed by atoms with Gasteiger partial charge in [-0.25, -0.2) is 9.97 Å². The van der Waals surface area contributed by atoms with Gasteiger partial charge in [-0.15, -0.1) is 0 Å². The number of rotatable bonds is 4. The fourth-order valence-corrected chi connectivity index (χ4v) is 5.66. The summed E-state index contributed by atoms with van der Waals surface area (Å²) in [6.45, 7) is 5.25. The number of pyridine rings is 1. The van der Waals surface area contributed by atoms with Crippen LogP contribution < -0.4 is 10.2 Å². The lowest BCUT2D eigenvalue weighted by atomic mass is 9.91. The number of imidazole rings is 1. The molecule has 0 spiro atoms. The highest BCUT2D eigenvalue weighted by Gasteiger charge is 2.37. The van der Waals surface area contributed by atoms with Gasteiger partial charge in [0.1, 0.15) is 5.65 Å². The first-order valence-corrected chi connectivity index (χ1v) is 11.2. The van der Waals surface area contributed by atoms with Crippen molar-refractivity contribution in [3.05, 3.63) is 53.7 Å². The van der Waals surface area contributed by atoms with E-state index in [9.17, 15) is 0 Å². The van der Waals surface area contributed by atoms with E-state index in [1.165, 1.54) is 17.7 Å². The van der Waals surface area contributed by atoms with Gasteiger partial charge in [0.25, 0.3) is 0 Å². The molecule has 0 radical (unpaired) electrons. The van der Waals surface area contributed by atoms with Gasteiger partial charge < -0.3 is 10.2 Å². The third-order valence-corrected chi connectivity index (χ3v) is 7.19. The first-order chi connectivity index (χ1) is 14.8. The van der Waals surface area contributed by atoms with Crippen LogP contribution in [-0.4, -0.2) is 57.5 Å². The zero-order valence-corrected chi connectivity index (χ0v) is 17.5.